The van der Waals surface area contributed by atoms with Crippen LogP contribution in [0.15, 0.2) is 15.7 Å². The maximum atomic E-state index is 13.8. The van der Waals surface area contributed by atoms with E-state index in [-0.39, 0.29) is 4.57 Å². The number of nitrogens with one attached hydrogen (secondary N) is 1. The van der Waals surface area contributed by atoms with Crippen molar-refractivity contribution < 1.29 is 52.0 Å². The van der Waals surface area contributed by atoms with Crippen LogP contribution >= 0.6 is 15.6 Å². The van der Waals surface area contributed by atoms with Crippen molar-refractivity contribution >= 4 is 15.6 Å². The summed E-state index contributed by atoms with van der Waals surface area (Å²) in [6.07, 6.45) is -7.21. The fourth-order valence-corrected chi connectivity index (χ4v) is 3.72. The summed E-state index contributed by atoms with van der Waals surface area (Å²) in [6, 6.07) is 0.378. The van der Waals surface area contributed by atoms with Crippen LogP contribution in [0.5, 0.6) is 0 Å². The van der Waals surface area contributed by atoms with Crippen LogP contribution in [-0.2, 0) is 22.7 Å². The summed E-state index contributed by atoms with van der Waals surface area (Å²) in [4.78, 5) is 50.4. The quantitative estimate of drug-likeness (QED) is 0.207. The highest BCUT2D eigenvalue weighted by atomic mass is 31.3. The van der Waals surface area contributed by atoms with Gasteiger partial charge in [0.15, 0.2) is 6.23 Å². The summed E-state index contributed by atoms with van der Waals surface area (Å²) in [6.45, 7) is -1.03. The Morgan fingerprint density at radius 2 is 1.85 bits per heavy atom. The van der Waals surface area contributed by atoms with Gasteiger partial charge in [-0.05, 0) is 0 Å². The van der Waals surface area contributed by atoms with Gasteiger partial charge in [-0.25, -0.2) is 18.5 Å². The molecule has 0 saturated carbocycles. The minimum atomic E-state index is -5.37. The van der Waals surface area contributed by atoms with Crippen LogP contribution in [0.3, 0.4) is 0 Å². The third kappa shape index (κ3) is 4.92. The summed E-state index contributed by atoms with van der Waals surface area (Å²) in [5.74, 6) is -1.39. The van der Waals surface area contributed by atoms with Crippen LogP contribution in [0.2, 0.25) is 0 Å². The number of phosphoric ester groups is 1. The molecule has 0 amide bonds. The number of halogens is 1. The van der Waals surface area contributed by atoms with Crippen molar-refractivity contribution in [3.8, 4) is 0 Å². The fourth-order valence-electron chi connectivity index (χ4n) is 2.12. The number of nitrogens with zero attached hydrogens (tertiary/aromatic N) is 1. The Hall–Kier alpha value is -1.25. The average Bonchev–Trinajstić information content (AvgIpc) is 2.70. The molecule has 26 heavy (non-hydrogen) atoms. The largest absolute Gasteiger partial charge is 0.481 e. The summed E-state index contributed by atoms with van der Waals surface area (Å²) < 4.78 is 48.6. The highest BCUT2D eigenvalue weighted by Crippen LogP contribution is 2.57. The standard InChI is InChI=1S/C9H13FN2O12P2/c10-4-1-5(13)11-9(16)12(4)8-7(15)6(14)3(23-8)2-22-26(20,21)24-25(17,18)19/h1,3,6-8,14-15H,2H2,(H,20,21)(H,11,13,16)(H2,17,18,19)/t3-,6-,7-,8-/m1/s1. The number of aliphatic hydroxyl groups is 2. The van der Waals surface area contributed by atoms with Gasteiger partial charge in [0.1, 0.15) is 18.3 Å². The maximum Gasteiger partial charge on any atom is 0.481 e. The second-order valence-corrected chi connectivity index (χ2v) is 7.84. The molecule has 0 bridgehead atoms. The van der Waals surface area contributed by atoms with E-state index in [1.165, 1.54) is 0 Å². The van der Waals surface area contributed by atoms with Gasteiger partial charge >= 0.3 is 21.3 Å². The van der Waals surface area contributed by atoms with Crippen LogP contribution in [0, 0.1) is 5.95 Å². The first-order valence-electron chi connectivity index (χ1n) is 6.58. The molecule has 1 unspecified atom stereocenters. The number of hydrogen-bond acceptors (Lipinski definition) is 9. The number of aromatic nitrogens is 2. The van der Waals surface area contributed by atoms with Gasteiger partial charge in [0.25, 0.3) is 5.56 Å². The van der Waals surface area contributed by atoms with Gasteiger partial charge in [0, 0.05) is 0 Å². The molecule has 0 aromatic carbocycles. The molecule has 1 fully saturated rings. The smallest absolute Gasteiger partial charge is 0.387 e. The zero-order valence-electron chi connectivity index (χ0n) is 12.4. The molecule has 1 aliphatic heterocycles. The molecule has 0 aliphatic carbocycles. The molecule has 14 nitrogen and oxygen atoms in total. The average molecular weight is 422 g/mol. The Balaban J connectivity index is 2.16. The predicted octanol–water partition coefficient (Wildman–Crippen LogP) is -2.48. The Bertz CT molecular complexity index is 878. The molecule has 2 rings (SSSR count). The number of rotatable bonds is 6. The molecule has 2 heterocycles. The first-order chi connectivity index (χ1) is 11.8. The third-order valence-corrected chi connectivity index (χ3v) is 5.28. The van der Waals surface area contributed by atoms with Crippen LogP contribution in [0.25, 0.3) is 0 Å². The number of hydrogen-bond donors (Lipinski definition) is 6. The first kappa shape index (κ1) is 21.1. The van der Waals surface area contributed by atoms with Gasteiger partial charge in [-0.2, -0.15) is 8.70 Å². The molecule has 1 aromatic heterocycles. The van der Waals surface area contributed by atoms with Crippen molar-refractivity contribution in [1.29, 1.82) is 0 Å². The molecule has 5 atom stereocenters. The van der Waals surface area contributed by atoms with E-state index in [1.807, 2.05) is 0 Å². The van der Waals surface area contributed by atoms with Gasteiger partial charge in [0.05, 0.1) is 12.7 Å². The number of aromatic amines is 1. The lowest BCUT2D eigenvalue weighted by Crippen LogP contribution is -2.39. The second-order valence-electron chi connectivity index (χ2n) is 5.01. The Morgan fingerprint density at radius 1 is 1.23 bits per heavy atom. The van der Waals surface area contributed by atoms with Gasteiger partial charge < -0.3 is 29.6 Å². The summed E-state index contributed by atoms with van der Waals surface area (Å²) >= 11 is 0. The third-order valence-electron chi connectivity index (χ3n) is 3.13. The van der Waals surface area contributed by atoms with Crippen LogP contribution in [0.4, 0.5) is 4.39 Å². The highest BCUT2D eigenvalue weighted by Gasteiger charge is 2.46. The zero-order chi connectivity index (χ0) is 19.9. The molecule has 1 saturated heterocycles. The molecule has 1 aliphatic rings. The van der Waals surface area contributed by atoms with E-state index in [1.54, 1.807) is 4.98 Å². The number of ether oxygens (including phenoxy) is 1. The molecule has 0 radical (unpaired) electrons. The normalized spacial score (nSPS) is 28.8. The molecule has 1 aromatic rings. The molecule has 6 N–H and O–H groups in total. The lowest BCUT2D eigenvalue weighted by molar-refractivity contribution is -0.0592. The van der Waals surface area contributed by atoms with Gasteiger partial charge in [0.2, 0.25) is 5.95 Å². The SMILES string of the molecule is O=c1cc(F)n([C@@H]2O[C@H](COP(=O)(O)OP(=O)(O)O)[C@@H](O)[C@H]2O)c(=O)[nH]1. The minimum absolute atomic E-state index is 0.181. The van der Waals surface area contributed by atoms with E-state index in [0.717, 1.165) is 0 Å². The Morgan fingerprint density at radius 3 is 2.38 bits per heavy atom. The van der Waals surface area contributed by atoms with Crippen LogP contribution < -0.4 is 11.2 Å². The predicted molar refractivity (Wildman–Crippen MR) is 76.1 cm³/mol. The minimum Gasteiger partial charge on any atom is -0.387 e. The highest BCUT2D eigenvalue weighted by molar-refractivity contribution is 7.60. The van der Waals surface area contributed by atoms with Crippen molar-refractivity contribution in [3.63, 3.8) is 0 Å². The van der Waals surface area contributed by atoms with E-state index < -0.39 is 64.0 Å². The topological polar surface area (TPSA) is 218 Å². The summed E-state index contributed by atoms with van der Waals surface area (Å²) in [5, 5.41) is 19.7. The molecule has 17 heteroatoms. The van der Waals surface area contributed by atoms with Crippen molar-refractivity contribution in [2.24, 2.45) is 0 Å². The zero-order valence-corrected chi connectivity index (χ0v) is 14.2. The van der Waals surface area contributed by atoms with Crippen LogP contribution in [0.1, 0.15) is 6.23 Å². The first-order valence-corrected chi connectivity index (χ1v) is 9.60. The van der Waals surface area contributed by atoms with Crippen molar-refractivity contribution in [2.75, 3.05) is 6.61 Å². The van der Waals surface area contributed by atoms with E-state index >= 15 is 0 Å². The maximum absolute atomic E-state index is 13.8. The van der Waals surface area contributed by atoms with Crippen molar-refractivity contribution in [3.05, 3.63) is 32.9 Å². The molecular formula is C9H13FN2O12P2. The van der Waals surface area contributed by atoms with Crippen molar-refractivity contribution in [1.82, 2.24) is 9.55 Å². The van der Waals surface area contributed by atoms with Crippen LogP contribution in [-0.4, -0.2) is 59.4 Å². The van der Waals surface area contributed by atoms with E-state index in [4.69, 9.17) is 19.4 Å². The molecule has 0 spiro atoms. The van der Waals surface area contributed by atoms with Gasteiger partial charge in [-0.3, -0.25) is 14.3 Å². The Labute approximate surface area is 142 Å². The number of aliphatic hydroxyl groups excluding tert-OH is 2. The van der Waals surface area contributed by atoms with E-state index in [0.29, 0.717) is 6.07 Å². The molecular weight excluding hydrogens is 409 g/mol. The number of H-pyrrole nitrogens is 1. The Kier molecular flexibility index (Phi) is 5.99. The lowest BCUT2D eigenvalue weighted by atomic mass is 10.1. The van der Waals surface area contributed by atoms with E-state index in [2.05, 4.69) is 8.83 Å². The second kappa shape index (κ2) is 7.40. The summed E-state index contributed by atoms with van der Waals surface area (Å²) in [7, 11) is -10.6. The number of phosphoric acid groups is 2. The molecule has 148 valence electrons. The summed E-state index contributed by atoms with van der Waals surface area (Å²) in [5.41, 5.74) is -2.36. The van der Waals surface area contributed by atoms with Gasteiger partial charge in [-0.1, -0.05) is 0 Å². The van der Waals surface area contributed by atoms with Gasteiger partial charge in [-0.15, -0.1) is 0 Å². The fraction of sp³-hybridized carbons (Fsp3) is 0.556. The van der Waals surface area contributed by atoms with E-state index in [9.17, 15) is 33.3 Å². The monoisotopic (exact) mass is 422 g/mol. The van der Waals surface area contributed by atoms with Crippen molar-refractivity contribution in [2.45, 2.75) is 24.5 Å². The lowest BCUT2D eigenvalue weighted by Gasteiger charge is -2.18.